The third kappa shape index (κ3) is 1.47. The maximum atomic E-state index is 12.3. The topological polar surface area (TPSA) is 12.5 Å². The summed E-state index contributed by atoms with van der Waals surface area (Å²) >= 11 is 0. The Morgan fingerprint density at radius 1 is 0.923 bits per heavy atom. The molecule has 1 fully saturated rings. The van der Waals surface area contributed by atoms with Crippen LogP contribution in [0.3, 0.4) is 0 Å². The van der Waals surface area contributed by atoms with Gasteiger partial charge in [0.1, 0.15) is 0 Å². The predicted molar refractivity (Wildman–Crippen MR) is 25.7 cm³/mol. The average Bonchev–Trinajstić information content (AvgIpc) is 2.63. The van der Waals surface area contributed by atoms with Gasteiger partial charge in [-0.15, -0.1) is 0 Å². The van der Waals surface area contributed by atoms with Gasteiger partial charge in [0.2, 0.25) is 0 Å². The van der Waals surface area contributed by atoms with E-state index in [2.05, 4.69) is 4.74 Å². The molecule has 0 aliphatic carbocycles. The minimum absolute atomic E-state index is 0.779. The Balaban J connectivity index is 2.90. The molecule has 1 nitrogen and oxygen atoms in total. The highest BCUT2D eigenvalue weighted by Crippen LogP contribution is 2.50. The Bertz CT molecular complexity index is 203. The molecule has 0 radical (unpaired) electrons. The van der Waals surface area contributed by atoms with Crippen molar-refractivity contribution < 1.29 is 35.5 Å². The van der Waals surface area contributed by atoms with Gasteiger partial charge in [-0.3, -0.25) is 0 Å². The molecule has 0 unspecified atom stereocenters. The molecular weight excluding hydrogens is 209 g/mol. The second kappa shape index (κ2) is 2.49. The van der Waals surface area contributed by atoms with Gasteiger partial charge in [0.05, 0.1) is 6.61 Å². The molecule has 13 heavy (non-hydrogen) atoms. The van der Waals surface area contributed by atoms with Crippen molar-refractivity contribution >= 4 is 0 Å². The van der Waals surface area contributed by atoms with Gasteiger partial charge in [0, 0.05) is 0 Å². The lowest BCUT2D eigenvalue weighted by atomic mass is 10.1. The number of halogens is 7. The van der Waals surface area contributed by atoms with E-state index in [4.69, 9.17) is 0 Å². The molecule has 0 amide bonds. The molecule has 1 atom stereocenters. The van der Waals surface area contributed by atoms with Crippen LogP contribution in [0.1, 0.15) is 0 Å². The predicted octanol–water partition coefficient (Wildman–Crippen LogP) is 2.22. The molecule has 1 aliphatic heterocycles. The van der Waals surface area contributed by atoms with Crippen LogP contribution in [0, 0.1) is 0 Å². The number of hydrogen-bond donors (Lipinski definition) is 0. The van der Waals surface area contributed by atoms with Crippen LogP contribution in [-0.4, -0.2) is 30.7 Å². The Morgan fingerprint density at radius 2 is 1.31 bits per heavy atom. The van der Waals surface area contributed by atoms with E-state index in [1.807, 2.05) is 0 Å². The number of ether oxygens (including phenoxy) is 1. The molecule has 0 spiro atoms. The SMILES string of the molecule is FC(F)(F)C(F)(F)C(F)(F)[C@@H]1CO1. The van der Waals surface area contributed by atoms with Gasteiger partial charge < -0.3 is 4.74 Å². The molecule has 0 saturated carbocycles. The van der Waals surface area contributed by atoms with Crippen molar-refractivity contribution in [2.75, 3.05) is 6.61 Å². The number of alkyl halides is 7. The zero-order valence-corrected chi connectivity index (χ0v) is 5.84. The summed E-state index contributed by atoms with van der Waals surface area (Å²) in [5, 5.41) is 0. The third-order valence-electron chi connectivity index (χ3n) is 1.51. The standard InChI is InChI=1S/C5H3F7O/c6-3(7,2-1-13-2)4(8,9)5(10,11)12/h2H,1H2/t2-/m0/s1. The van der Waals surface area contributed by atoms with Crippen LogP contribution >= 0.6 is 0 Å². The summed E-state index contributed by atoms with van der Waals surface area (Å²) in [6, 6.07) is 0. The van der Waals surface area contributed by atoms with Gasteiger partial charge >= 0.3 is 18.0 Å². The van der Waals surface area contributed by atoms with Gasteiger partial charge in [0.15, 0.2) is 6.10 Å². The quantitative estimate of drug-likeness (QED) is 0.505. The normalized spacial score (nSPS) is 24.7. The van der Waals surface area contributed by atoms with Crippen LogP contribution in [0.15, 0.2) is 0 Å². The molecular formula is C5H3F7O. The second-order valence-electron chi connectivity index (χ2n) is 2.52. The van der Waals surface area contributed by atoms with Gasteiger partial charge in [-0.1, -0.05) is 0 Å². The van der Waals surface area contributed by atoms with E-state index in [1.165, 1.54) is 0 Å². The van der Waals surface area contributed by atoms with Crippen LogP contribution < -0.4 is 0 Å². The Kier molecular flexibility index (Phi) is 2.02. The van der Waals surface area contributed by atoms with Crippen molar-refractivity contribution in [2.24, 2.45) is 0 Å². The molecule has 0 aromatic carbocycles. The zero-order valence-electron chi connectivity index (χ0n) is 5.84. The molecule has 78 valence electrons. The van der Waals surface area contributed by atoms with Gasteiger partial charge in [0.25, 0.3) is 0 Å². The summed E-state index contributed by atoms with van der Waals surface area (Å²) in [5.41, 5.74) is 0. The summed E-state index contributed by atoms with van der Waals surface area (Å²) in [6.45, 7) is -0.779. The second-order valence-corrected chi connectivity index (χ2v) is 2.52. The van der Waals surface area contributed by atoms with E-state index < -0.39 is 30.7 Å². The van der Waals surface area contributed by atoms with Crippen molar-refractivity contribution in [2.45, 2.75) is 24.1 Å². The first kappa shape index (κ1) is 10.6. The van der Waals surface area contributed by atoms with E-state index >= 15 is 0 Å². The highest BCUT2D eigenvalue weighted by molar-refractivity contribution is 5.00. The average molecular weight is 212 g/mol. The maximum Gasteiger partial charge on any atom is 0.459 e. The lowest BCUT2D eigenvalue weighted by Crippen LogP contribution is -2.54. The third-order valence-corrected chi connectivity index (χ3v) is 1.51. The summed E-state index contributed by atoms with van der Waals surface area (Å²) in [7, 11) is 0. The van der Waals surface area contributed by atoms with Crippen molar-refractivity contribution in [3.8, 4) is 0 Å². The van der Waals surface area contributed by atoms with Gasteiger partial charge in [-0.2, -0.15) is 30.7 Å². The Hall–Kier alpha value is -0.530. The number of hydrogen-bond acceptors (Lipinski definition) is 1. The van der Waals surface area contributed by atoms with Crippen molar-refractivity contribution in [3.05, 3.63) is 0 Å². The van der Waals surface area contributed by atoms with Crippen LogP contribution in [0.25, 0.3) is 0 Å². The molecule has 1 saturated heterocycles. The fourth-order valence-corrected chi connectivity index (χ4v) is 0.649. The molecule has 1 rings (SSSR count). The van der Waals surface area contributed by atoms with E-state index in [-0.39, 0.29) is 0 Å². The van der Waals surface area contributed by atoms with Crippen molar-refractivity contribution in [1.29, 1.82) is 0 Å². The fourth-order valence-electron chi connectivity index (χ4n) is 0.649. The summed E-state index contributed by atoms with van der Waals surface area (Å²) in [6.07, 6.45) is -8.59. The van der Waals surface area contributed by atoms with E-state index in [0.29, 0.717) is 0 Å². The van der Waals surface area contributed by atoms with Crippen LogP contribution in [0.2, 0.25) is 0 Å². The molecule has 0 N–H and O–H groups in total. The first-order valence-corrected chi connectivity index (χ1v) is 3.04. The number of rotatable bonds is 2. The lowest BCUT2D eigenvalue weighted by molar-refractivity contribution is -0.357. The minimum Gasteiger partial charge on any atom is -0.366 e. The monoisotopic (exact) mass is 212 g/mol. The summed E-state index contributed by atoms with van der Waals surface area (Å²) in [5.74, 6) is -11.2. The van der Waals surface area contributed by atoms with Crippen LogP contribution in [0.4, 0.5) is 30.7 Å². The lowest BCUT2D eigenvalue weighted by Gasteiger charge is -2.26. The maximum absolute atomic E-state index is 12.3. The van der Waals surface area contributed by atoms with Crippen LogP contribution in [-0.2, 0) is 4.74 Å². The number of epoxide rings is 1. The van der Waals surface area contributed by atoms with E-state index in [0.717, 1.165) is 0 Å². The Labute approximate surface area is 67.5 Å². The molecule has 0 aromatic rings. The van der Waals surface area contributed by atoms with Gasteiger partial charge in [-0.25, -0.2) is 0 Å². The van der Waals surface area contributed by atoms with E-state index in [9.17, 15) is 30.7 Å². The highest BCUT2D eigenvalue weighted by atomic mass is 19.4. The fraction of sp³-hybridized carbons (Fsp3) is 1.00. The minimum atomic E-state index is -6.26. The molecule has 0 bridgehead atoms. The van der Waals surface area contributed by atoms with Crippen LogP contribution in [0.5, 0.6) is 0 Å². The largest absolute Gasteiger partial charge is 0.459 e. The first-order valence-electron chi connectivity index (χ1n) is 3.04. The molecule has 1 aliphatic rings. The summed E-state index contributed by atoms with van der Waals surface area (Å²) in [4.78, 5) is 0. The molecule has 1 heterocycles. The molecule has 8 heteroatoms. The van der Waals surface area contributed by atoms with Crippen molar-refractivity contribution in [3.63, 3.8) is 0 Å². The smallest absolute Gasteiger partial charge is 0.366 e. The molecule has 0 aromatic heterocycles. The highest BCUT2D eigenvalue weighted by Gasteiger charge is 2.77. The Morgan fingerprint density at radius 3 is 1.54 bits per heavy atom. The van der Waals surface area contributed by atoms with Gasteiger partial charge in [-0.05, 0) is 0 Å². The zero-order chi connectivity index (χ0) is 10.5. The van der Waals surface area contributed by atoms with Crippen molar-refractivity contribution in [1.82, 2.24) is 0 Å². The summed E-state index contributed by atoms with van der Waals surface area (Å²) < 4.78 is 86.7. The first-order chi connectivity index (χ1) is 5.61. The van der Waals surface area contributed by atoms with E-state index in [1.54, 1.807) is 0 Å².